The zero-order valence-corrected chi connectivity index (χ0v) is 29.1. The van der Waals surface area contributed by atoms with E-state index in [0.29, 0.717) is 30.6 Å². The molecule has 3 N–H and O–H groups in total. The summed E-state index contributed by atoms with van der Waals surface area (Å²) in [6.07, 6.45) is -4.45. The molecule has 0 aliphatic carbocycles. The number of aliphatic hydroxyl groups is 1. The Bertz CT molecular complexity index is 1250. The van der Waals surface area contributed by atoms with Crippen molar-refractivity contribution in [3.63, 3.8) is 0 Å². The molecular formula is C34H47BrF4N2O6. The van der Waals surface area contributed by atoms with Gasteiger partial charge in [0.15, 0.2) is 0 Å². The van der Waals surface area contributed by atoms with Gasteiger partial charge in [-0.2, -0.15) is 13.2 Å². The SMILES string of the molecule is CC[C@H](C)[C@H](NC(=O)[C@@H](C[C@H](O)[C@@H](Br)COCc1ccc(C(F)(F)F)c(OCCCOC)c1)C(C)C)C(=O)NCc1ccc(F)cc1. The molecule has 47 heavy (non-hydrogen) atoms. The first-order valence-electron chi connectivity index (χ1n) is 15.7. The summed E-state index contributed by atoms with van der Waals surface area (Å²) in [6, 6.07) is 8.50. The Hall–Kier alpha value is -2.74. The maximum atomic E-state index is 13.5. The molecule has 0 heterocycles. The lowest BCUT2D eigenvalue weighted by Gasteiger charge is -2.29. The molecule has 0 saturated carbocycles. The summed E-state index contributed by atoms with van der Waals surface area (Å²) >= 11 is 3.42. The van der Waals surface area contributed by atoms with E-state index >= 15 is 0 Å². The second kappa shape index (κ2) is 19.9. The monoisotopic (exact) mass is 734 g/mol. The molecule has 264 valence electrons. The smallest absolute Gasteiger partial charge is 0.419 e. The largest absolute Gasteiger partial charge is 0.493 e. The van der Waals surface area contributed by atoms with Crippen LogP contribution in [0.2, 0.25) is 0 Å². The highest BCUT2D eigenvalue weighted by Gasteiger charge is 2.35. The highest BCUT2D eigenvalue weighted by molar-refractivity contribution is 9.09. The highest BCUT2D eigenvalue weighted by atomic mass is 79.9. The quantitative estimate of drug-likeness (QED) is 0.0826. The van der Waals surface area contributed by atoms with Gasteiger partial charge >= 0.3 is 6.18 Å². The Kier molecular flexibility index (Phi) is 17.1. The number of benzene rings is 2. The Labute approximate surface area is 283 Å². The molecule has 2 rings (SSSR count). The van der Waals surface area contributed by atoms with Crippen molar-refractivity contribution in [3.8, 4) is 5.75 Å². The summed E-state index contributed by atoms with van der Waals surface area (Å²) in [7, 11) is 1.50. The third-order valence-electron chi connectivity index (χ3n) is 7.88. The molecule has 2 aromatic carbocycles. The standard InChI is InChI=1S/C34H47BrF4N2O6/c1-6-22(4)31(33(44)40-18-23-8-11-25(36)12-9-23)41-32(43)26(21(2)3)17-29(42)28(35)20-46-19-24-10-13-27(34(37,38)39)30(16-24)47-15-7-14-45-5/h8-13,16,21-22,26,28-29,31,42H,6-7,14-15,17-20H2,1-5H3,(H,40,44)(H,41,43)/t22-,26-,28-,29-,31-/m0/s1. The van der Waals surface area contributed by atoms with Crippen molar-refractivity contribution in [2.45, 2.75) is 83.3 Å². The van der Waals surface area contributed by atoms with Gasteiger partial charge in [0, 0.05) is 32.6 Å². The fourth-order valence-corrected chi connectivity index (χ4v) is 5.15. The van der Waals surface area contributed by atoms with E-state index in [4.69, 9.17) is 14.2 Å². The minimum Gasteiger partial charge on any atom is -0.493 e. The number of amides is 2. The number of carbonyl (C=O) groups is 2. The number of methoxy groups -OCH3 is 1. The van der Waals surface area contributed by atoms with Crippen molar-refractivity contribution in [3.05, 3.63) is 65.0 Å². The van der Waals surface area contributed by atoms with Crippen molar-refractivity contribution in [2.24, 2.45) is 17.8 Å². The van der Waals surface area contributed by atoms with Crippen molar-refractivity contribution >= 4 is 27.7 Å². The second-order valence-electron chi connectivity index (χ2n) is 11.9. The van der Waals surface area contributed by atoms with Gasteiger partial charge in [-0.25, -0.2) is 4.39 Å². The molecule has 0 aliphatic heterocycles. The average molecular weight is 736 g/mol. The fraction of sp³-hybridized carbons (Fsp3) is 0.588. The molecule has 8 nitrogen and oxygen atoms in total. The van der Waals surface area contributed by atoms with E-state index in [2.05, 4.69) is 26.6 Å². The molecule has 0 aromatic heterocycles. The lowest BCUT2D eigenvalue weighted by Crippen LogP contribution is -2.52. The van der Waals surface area contributed by atoms with Gasteiger partial charge in [-0.15, -0.1) is 0 Å². The number of hydrogen-bond acceptors (Lipinski definition) is 6. The predicted octanol–water partition coefficient (Wildman–Crippen LogP) is 6.41. The fourth-order valence-electron chi connectivity index (χ4n) is 4.75. The van der Waals surface area contributed by atoms with Gasteiger partial charge in [-0.3, -0.25) is 9.59 Å². The number of hydrogen-bond donors (Lipinski definition) is 3. The number of ether oxygens (including phenoxy) is 3. The van der Waals surface area contributed by atoms with Gasteiger partial charge in [-0.05, 0) is 53.6 Å². The third-order valence-corrected chi connectivity index (χ3v) is 8.75. The summed E-state index contributed by atoms with van der Waals surface area (Å²) in [6.45, 7) is 8.05. The highest BCUT2D eigenvalue weighted by Crippen LogP contribution is 2.37. The molecular weight excluding hydrogens is 688 g/mol. The van der Waals surface area contributed by atoms with Gasteiger partial charge < -0.3 is 30.0 Å². The van der Waals surface area contributed by atoms with E-state index < -0.39 is 34.6 Å². The Morgan fingerprint density at radius 2 is 1.66 bits per heavy atom. The lowest BCUT2D eigenvalue weighted by atomic mass is 9.87. The molecule has 0 aliphatic rings. The van der Waals surface area contributed by atoms with Crippen LogP contribution in [0.15, 0.2) is 42.5 Å². The van der Waals surface area contributed by atoms with Gasteiger partial charge in [0.25, 0.3) is 0 Å². The number of rotatable bonds is 20. The predicted molar refractivity (Wildman–Crippen MR) is 174 cm³/mol. The van der Waals surface area contributed by atoms with Crippen molar-refractivity contribution in [1.82, 2.24) is 10.6 Å². The van der Waals surface area contributed by atoms with Crippen LogP contribution in [0.1, 0.15) is 63.6 Å². The van der Waals surface area contributed by atoms with Crippen LogP contribution in [0.3, 0.4) is 0 Å². The summed E-state index contributed by atoms with van der Waals surface area (Å²) in [4.78, 5) is 26.0. The Morgan fingerprint density at radius 1 is 1.00 bits per heavy atom. The van der Waals surface area contributed by atoms with Crippen LogP contribution >= 0.6 is 15.9 Å². The number of alkyl halides is 4. The Morgan fingerprint density at radius 3 is 2.26 bits per heavy atom. The maximum absolute atomic E-state index is 13.5. The van der Waals surface area contributed by atoms with Crippen LogP contribution in [-0.4, -0.2) is 60.8 Å². The number of halogens is 5. The summed E-state index contributed by atoms with van der Waals surface area (Å²) < 4.78 is 69.6. The van der Waals surface area contributed by atoms with Crippen LogP contribution in [0, 0.1) is 23.6 Å². The molecule has 0 fully saturated rings. The zero-order valence-electron chi connectivity index (χ0n) is 27.5. The van der Waals surface area contributed by atoms with Gasteiger partial charge in [-0.1, -0.05) is 68.2 Å². The summed E-state index contributed by atoms with van der Waals surface area (Å²) in [5.74, 6) is -2.38. The molecule has 2 amide bonds. The molecule has 0 radical (unpaired) electrons. The molecule has 2 aromatic rings. The van der Waals surface area contributed by atoms with Crippen molar-refractivity contribution in [2.75, 3.05) is 26.9 Å². The first-order chi connectivity index (χ1) is 22.2. The first-order valence-corrected chi connectivity index (χ1v) is 16.6. The van der Waals surface area contributed by atoms with Gasteiger partial charge in [0.05, 0.1) is 36.3 Å². The molecule has 0 spiro atoms. The topological polar surface area (TPSA) is 106 Å². The number of aliphatic hydroxyl groups excluding tert-OH is 1. The van der Waals surface area contributed by atoms with Crippen LogP contribution in [-0.2, 0) is 38.4 Å². The maximum Gasteiger partial charge on any atom is 0.419 e. The minimum atomic E-state index is -4.58. The molecule has 0 bridgehead atoms. The van der Waals surface area contributed by atoms with Crippen molar-refractivity contribution in [1.29, 1.82) is 0 Å². The van der Waals surface area contributed by atoms with E-state index in [9.17, 15) is 32.3 Å². The van der Waals surface area contributed by atoms with Crippen LogP contribution in [0.25, 0.3) is 0 Å². The summed E-state index contributed by atoms with van der Waals surface area (Å²) in [5, 5.41) is 16.6. The van der Waals surface area contributed by atoms with Gasteiger partial charge in [0.2, 0.25) is 11.8 Å². The van der Waals surface area contributed by atoms with Gasteiger partial charge in [0.1, 0.15) is 17.6 Å². The van der Waals surface area contributed by atoms with E-state index in [1.807, 2.05) is 27.7 Å². The normalized spacial score (nSPS) is 15.1. The minimum absolute atomic E-state index is 0.0138. The zero-order chi connectivity index (χ0) is 35.1. The van der Waals surface area contributed by atoms with Crippen LogP contribution in [0.5, 0.6) is 5.75 Å². The number of nitrogens with one attached hydrogen (secondary N) is 2. The molecule has 5 atom stereocenters. The third kappa shape index (κ3) is 13.7. The average Bonchev–Trinajstić information content (AvgIpc) is 3.02. The number of carbonyl (C=O) groups excluding carboxylic acids is 2. The van der Waals surface area contributed by atoms with Crippen LogP contribution in [0.4, 0.5) is 17.6 Å². The van der Waals surface area contributed by atoms with Crippen LogP contribution < -0.4 is 15.4 Å². The first kappa shape index (κ1) is 40.4. The second-order valence-corrected chi connectivity index (χ2v) is 13.1. The van der Waals surface area contributed by atoms with Crippen molar-refractivity contribution < 1.29 is 46.5 Å². The van der Waals surface area contributed by atoms with E-state index in [0.717, 1.165) is 6.07 Å². The van der Waals surface area contributed by atoms with E-state index in [-0.39, 0.29) is 68.0 Å². The lowest BCUT2D eigenvalue weighted by molar-refractivity contribution is -0.139. The molecule has 0 unspecified atom stereocenters. The molecule has 13 heteroatoms. The summed E-state index contributed by atoms with van der Waals surface area (Å²) in [5.41, 5.74) is 0.293. The Balaban J connectivity index is 1.98. The van der Waals surface area contributed by atoms with E-state index in [1.165, 1.54) is 31.4 Å². The van der Waals surface area contributed by atoms with E-state index in [1.54, 1.807) is 12.1 Å². The molecule has 0 saturated heterocycles.